The lowest BCUT2D eigenvalue weighted by Gasteiger charge is -2.08. The second-order valence-electron chi connectivity index (χ2n) is 4.64. The number of imidazole rings is 1. The Morgan fingerprint density at radius 1 is 1.56 bits per heavy atom. The highest BCUT2D eigenvalue weighted by molar-refractivity contribution is 6.30. The van der Waals surface area contributed by atoms with Crippen molar-refractivity contribution in [1.82, 2.24) is 20.6 Å². The molecule has 1 saturated heterocycles. The van der Waals surface area contributed by atoms with Gasteiger partial charge in [0.1, 0.15) is 5.82 Å². The number of hydrogen-bond donors (Lipinski definition) is 3. The van der Waals surface area contributed by atoms with Gasteiger partial charge in [0.15, 0.2) is 5.15 Å². The number of amides is 1. The Morgan fingerprint density at radius 2 is 2.39 bits per heavy atom. The first kappa shape index (κ1) is 13.4. The highest BCUT2D eigenvalue weighted by Gasteiger charge is 2.21. The normalized spacial score (nSPS) is 19.2. The zero-order valence-corrected chi connectivity index (χ0v) is 11.3. The van der Waals surface area contributed by atoms with E-state index in [0.717, 1.165) is 30.8 Å². The van der Waals surface area contributed by atoms with E-state index in [1.807, 2.05) is 0 Å². The van der Waals surface area contributed by atoms with Crippen LogP contribution >= 0.6 is 11.6 Å². The van der Waals surface area contributed by atoms with E-state index < -0.39 is 0 Å². The molecule has 3 N–H and O–H groups in total. The van der Waals surface area contributed by atoms with Gasteiger partial charge in [0, 0.05) is 32.0 Å². The maximum Gasteiger partial charge on any atom is 0.221 e. The van der Waals surface area contributed by atoms with Gasteiger partial charge in [0.05, 0.1) is 5.69 Å². The van der Waals surface area contributed by atoms with Crippen molar-refractivity contribution in [2.24, 2.45) is 0 Å². The van der Waals surface area contributed by atoms with Crippen LogP contribution in [0.2, 0.25) is 5.15 Å². The van der Waals surface area contributed by atoms with E-state index in [-0.39, 0.29) is 11.9 Å². The van der Waals surface area contributed by atoms with Crippen LogP contribution in [0.5, 0.6) is 0 Å². The molecular formula is C12H19ClN4O. The van der Waals surface area contributed by atoms with E-state index in [1.54, 1.807) is 0 Å². The molecule has 1 aliphatic rings. The standard InChI is InChI=1S/C12H19ClN4O/c1-2-3-4-10-16-9(12(13)17-10)7-14-8-5-11(18)15-6-8/h8,14H,2-7H2,1H3,(H,15,18)(H,16,17). The van der Waals surface area contributed by atoms with Crippen LogP contribution in [0, 0.1) is 0 Å². The highest BCUT2D eigenvalue weighted by atomic mass is 35.5. The molecule has 2 heterocycles. The molecule has 0 radical (unpaired) electrons. The molecule has 6 heteroatoms. The molecule has 2 rings (SSSR count). The maximum absolute atomic E-state index is 11.1. The first-order valence-corrected chi connectivity index (χ1v) is 6.80. The molecule has 1 aromatic rings. The lowest BCUT2D eigenvalue weighted by molar-refractivity contribution is -0.119. The molecule has 18 heavy (non-hydrogen) atoms. The maximum atomic E-state index is 11.1. The van der Waals surface area contributed by atoms with E-state index in [0.29, 0.717) is 24.7 Å². The summed E-state index contributed by atoms with van der Waals surface area (Å²) in [6, 6.07) is 0.191. The Morgan fingerprint density at radius 3 is 3.06 bits per heavy atom. The number of aromatic amines is 1. The summed E-state index contributed by atoms with van der Waals surface area (Å²) in [7, 11) is 0. The van der Waals surface area contributed by atoms with Crippen molar-refractivity contribution >= 4 is 17.5 Å². The van der Waals surface area contributed by atoms with Crippen LogP contribution in [0.3, 0.4) is 0 Å². The zero-order valence-electron chi connectivity index (χ0n) is 10.6. The molecule has 0 aromatic carbocycles. The lowest BCUT2D eigenvalue weighted by Crippen LogP contribution is -2.30. The second-order valence-corrected chi connectivity index (χ2v) is 5.00. The monoisotopic (exact) mass is 270 g/mol. The van der Waals surface area contributed by atoms with E-state index in [4.69, 9.17) is 11.6 Å². The van der Waals surface area contributed by atoms with Gasteiger partial charge in [-0.1, -0.05) is 24.9 Å². The van der Waals surface area contributed by atoms with E-state index in [9.17, 15) is 4.79 Å². The third-order valence-corrected chi connectivity index (χ3v) is 3.40. The number of rotatable bonds is 6. The van der Waals surface area contributed by atoms with Crippen molar-refractivity contribution in [2.75, 3.05) is 6.54 Å². The van der Waals surface area contributed by atoms with Crippen LogP contribution in [-0.2, 0) is 17.8 Å². The minimum Gasteiger partial charge on any atom is -0.354 e. The molecular weight excluding hydrogens is 252 g/mol. The molecule has 0 spiro atoms. The number of hydrogen-bond acceptors (Lipinski definition) is 3. The minimum absolute atomic E-state index is 0.104. The fourth-order valence-electron chi connectivity index (χ4n) is 2.02. The van der Waals surface area contributed by atoms with Crippen LogP contribution in [0.1, 0.15) is 37.7 Å². The van der Waals surface area contributed by atoms with Gasteiger partial charge in [-0.2, -0.15) is 0 Å². The van der Waals surface area contributed by atoms with Crippen molar-refractivity contribution in [3.05, 3.63) is 16.7 Å². The predicted octanol–water partition coefficient (Wildman–Crippen LogP) is 1.38. The van der Waals surface area contributed by atoms with Gasteiger partial charge in [-0.25, -0.2) is 4.98 Å². The molecule has 0 saturated carbocycles. The Kier molecular flexibility index (Phi) is 4.60. The number of nitrogens with zero attached hydrogens (tertiary/aromatic N) is 1. The first-order valence-electron chi connectivity index (χ1n) is 6.42. The summed E-state index contributed by atoms with van der Waals surface area (Å²) in [6.07, 6.45) is 3.72. The number of carbonyl (C=O) groups excluding carboxylic acids is 1. The Balaban J connectivity index is 1.85. The zero-order chi connectivity index (χ0) is 13.0. The molecule has 1 amide bonds. The van der Waals surface area contributed by atoms with E-state index in [2.05, 4.69) is 27.5 Å². The van der Waals surface area contributed by atoms with E-state index in [1.165, 1.54) is 0 Å². The Bertz CT molecular complexity index is 418. The molecule has 100 valence electrons. The third-order valence-electron chi connectivity index (χ3n) is 3.09. The van der Waals surface area contributed by atoms with Gasteiger partial charge in [-0.15, -0.1) is 0 Å². The quantitative estimate of drug-likeness (QED) is 0.732. The van der Waals surface area contributed by atoms with Crippen LogP contribution in [0.25, 0.3) is 0 Å². The summed E-state index contributed by atoms with van der Waals surface area (Å²) >= 11 is 6.07. The van der Waals surface area contributed by atoms with Crippen molar-refractivity contribution in [3.63, 3.8) is 0 Å². The number of aromatic nitrogens is 2. The number of H-pyrrole nitrogens is 1. The van der Waals surface area contributed by atoms with Crippen LogP contribution < -0.4 is 10.6 Å². The van der Waals surface area contributed by atoms with Crippen molar-refractivity contribution in [3.8, 4) is 0 Å². The van der Waals surface area contributed by atoms with Crippen LogP contribution in [-0.4, -0.2) is 28.5 Å². The third kappa shape index (κ3) is 3.46. The summed E-state index contributed by atoms with van der Waals surface area (Å²) in [4.78, 5) is 18.6. The number of halogens is 1. The Labute approximate surface area is 112 Å². The van der Waals surface area contributed by atoms with Crippen LogP contribution in [0.15, 0.2) is 0 Å². The predicted molar refractivity (Wildman–Crippen MR) is 70.5 cm³/mol. The van der Waals surface area contributed by atoms with Crippen molar-refractivity contribution in [1.29, 1.82) is 0 Å². The number of nitrogens with one attached hydrogen (secondary N) is 3. The summed E-state index contributed by atoms with van der Waals surface area (Å²) in [5.41, 5.74) is 0.905. The lowest BCUT2D eigenvalue weighted by atomic mass is 10.2. The SMILES string of the molecule is CCCCc1nc(Cl)c(CNC2CNC(=O)C2)[nH]1. The first-order chi connectivity index (χ1) is 8.69. The fraction of sp³-hybridized carbons (Fsp3) is 0.667. The average Bonchev–Trinajstić information content (AvgIpc) is 2.90. The summed E-state index contributed by atoms with van der Waals surface area (Å²) in [5.74, 6) is 1.05. The largest absolute Gasteiger partial charge is 0.354 e. The number of carbonyl (C=O) groups is 1. The molecule has 1 unspecified atom stereocenters. The molecule has 1 aromatic heterocycles. The van der Waals surface area contributed by atoms with Crippen LogP contribution in [0.4, 0.5) is 0 Å². The summed E-state index contributed by atoms with van der Waals surface area (Å²) < 4.78 is 0. The molecule has 1 fully saturated rings. The molecule has 0 aliphatic carbocycles. The summed E-state index contributed by atoms with van der Waals surface area (Å²) in [6.45, 7) is 3.46. The topological polar surface area (TPSA) is 69.8 Å². The average molecular weight is 271 g/mol. The number of unbranched alkanes of at least 4 members (excludes halogenated alkanes) is 1. The molecule has 5 nitrogen and oxygen atoms in total. The number of aryl methyl sites for hydroxylation is 1. The van der Waals surface area contributed by atoms with E-state index >= 15 is 0 Å². The van der Waals surface area contributed by atoms with Gasteiger partial charge in [0.2, 0.25) is 5.91 Å². The smallest absolute Gasteiger partial charge is 0.221 e. The fourth-order valence-corrected chi connectivity index (χ4v) is 2.23. The summed E-state index contributed by atoms with van der Waals surface area (Å²) in [5, 5.41) is 6.63. The minimum atomic E-state index is 0.104. The second kappa shape index (κ2) is 6.20. The van der Waals surface area contributed by atoms with Gasteiger partial charge in [-0.05, 0) is 6.42 Å². The van der Waals surface area contributed by atoms with Gasteiger partial charge in [0.25, 0.3) is 0 Å². The molecule has 0 bridgehead atoms. The van der Waals surface area contributed by atoms with Gasteiger partial charge >= 0.3 is 0 Å². The van der Waals surface area contributed by atoms with Gasteiger partial charge < -0.3 is 15.6 Å². The molecule has 1 atom stereocenters. The van der Waals surface area contributed by atoms with Crippen molar-refractivity contribution in [2.45, 2.75) is 45.2 Å². The molecule has 1 aliphatic heterocycles. The highest BCUT2D eigenvalue weighted by Crippen LogP contribution is 2.14. The Hall–Kier alpha value is -1.07. The van der Waals surface area contributed by atoms with Crippen molar-refractivity contribution < 1.29 is 4.79 Å². The van der Waals surface area contributed by atoms with Gasteiger partial charge in [-0.3, -0.25) is 4.79 Å².